The summed E-state index contributed by atoms with van der Waals surface area (Å²) in [6.45, 7) is 5.91. The van der Waals surface area contributed by atoms with Gasteiger partial charge in [-0.15, -0.1) is 0 Å². The van der Waals surface area contributed by atoms with Crippen LogP contribution in [0.25, 0.3) is 16.9 Å². The third kappa shape index (κ3) is 2.22. The summed E-state index contributed by atoms with van der Waals surface area (Å²) in [6, 6.07) is 7.45. The Morgan fingerprint density at radius 2 is 1.85 bits per heavy atom. The average molecular weight is 270 g/mol. The lowest BCUT2D eigenvalue weighted by Gasteiger charge is -2.01. The van der Waals surface area contributed by atoms with E-state index in [1.54, 1.807) is 28.6 Å². The highest BCUT2D eigenvalue weighted by atomic mass is 16.1. The lowest BCUT2D eigenvalue weighted by atomic mass is 10.3. The van der Waals surface area contributed by atoms with E-state index in [9.17, 15) is 4.79 Å². The van der Waals surface area contributed by atoms with Crippen LogP contribution in [0.3, 0.4) is 0 Å². The van der Waals surface area contributed by atoms with E-state index in [2.05, 4.69) is 9.97 Å². The van der Waals surface area contributed by atoms with Crippen molar-refractivity contribution >= 4 is 11.2 Å². The second-order valence-electron chi connectivity index (χ2n) is 4.18. The van der Waals surface area contributed by atoms with Gasteiger partial charge in [0.2, 0.25) is 0 Å². The van der Waals surface area contributed by atoms with Crippen molar-refractivity contribution in [2.45, 2.75) is 20.8 Å². The Balaban J connectivity index is 0.000000704. The van der Waals surface area contributed by atoms with Gasteiger partial charge in [0.1, 0.15) is 0 Å². The first-order chi connectivity index (χ1) is 9.68. The third-order valence-corrected chi connectivity index (χ3v) is 2.97. The van der Waals surface area contributed by atoms with E-state index >= 15 is 0 Å². The summed E-state index contributed by atoms with van der Waals surface area (Å²) in [6.07, 6.45) is 3.37. The second kappa shape index (κ2) is 5.69. The number of hydrogen-bond acceptors (Lipinski definition) is 3. The number of fused-ring (bicyclic) bond motifs is 1. The number of imidazole rings is 1. The minimum atomic E-state index is -0.116. The van der Waals surface area contributed by atoms with Crippen molar-refractivity contribution in [2.24, 2.45) is 7.05 Å². The maximum absolute atomic E-state index is 12.2. The number of hydrogen-bond donors (Lipinski definition) is 0. The first kappa shape index (κ1) is 14.0. The molecule has 0 atom stereocenters. The lowest BCUT2D eigenvalue weighted by Crippen LogP contribution is -2.21. The normalized spacial score (nSPS) is 10.2. The van der Waals surface area contributed by atoms with E-state index in [0.29, 0.717) is 5.65 Å². The van der Waals surface area contributed by atoms with Crippen LogP contribution in [-0.2, 0) is 7.05 Å². The molecule has 0 bridgehead atoms. The van der Waals surface area contributed by atoms with Gasteiger partial charge in [-0.3, -0.25) is 9.55 Å². The van der Waals surface area contributed by atoms with Crippen LogP contribution in [-0.4, -0.2) is 19.1 Å². The molecule has 0 aliphatic carbocycles. The van der Waals surface area contributed by atoms with Gasteiger partial charge in [0.25, 0.3) is 0 Å². The number of nitrogens with zero attached hydrogens (tertiary/aromatic N) is 4. The number of aryl methyl sites for hydroxylation is 2. The number of pyridine rings is 2. The lowest BCUT2D eigenvalue weighted by molar-refractivity contribution is 0.842. The molecule has 0 radical (unpaired) electrons. The molecule has 104 valence electrons. The zero-order valence-electron chi connectivity index (χ0n) is 12.2. The maximum Gasteiger partial charge on any atom is 0.334 e. The quantitative estimate of drug-likeness (QED) is 0.682. The summed E-state index contributed by atoms with van der Waals surface area (Å²) >= 11 is 0. The highest BCUT2D eigenvalue weighted by molar-refractivity contribution is 5.73. The largest absolute Gasteiger partial charge is 0.334 e. The van der Waals surface area contributed by atoms with Crippen LogP contribution in [0.5, 0.6) is 0 Å². The van der Waals surface area contributed by atoms with E-state index in [0.717, 1.165) is 16.9 Å². The Labute approximate surface area is 117 Å². The van der Waals surface area contributed by atoms with Crippen LogP contribution < -0.4 is 5.69 Å². The molecule has 0 spiro atoms. The zero-order chi connectivity index (χ0) is 14.7. The molecule has 0 saturated heterocycles. The molecule has 3 aromatic rings. The predicted octanol–water partition coefficient (Wildman–Crippen LogP) is 2.45. The predicted molar refractivity (Wildman–Crippen MR) is 80.2 cm³/mol. The molecule has 0 aliphatic heterocycles. The van der Waals surface area contributed by atoms with Crippen molar-refractivity contribution in [2.75, 3.05) is 0 Å². The monoisotopic (exact) mass is 270 g/mol. The molecule has 20 heavy (non-hydrogen) atoms. The van der Waals surface area contributed by atoms with Crippen molar-refractivity contribution < 1.29 is 0 Å². The summed E-state index contributed by atoms with van der Waals surface area (Å²) in [7, 11) is 1.74. The Morgan fingerprint density at radius 3 is 2.50 bits per heavy atom. The molecule has 0 aromatic carbocycles. The Morgan fingerprint density at radius 1 is 1.10 bits per heavy atom. The van der Waals surface area contributed by atoms with Gasteiger partial charge < -0.3 is 0 Å². The fourth-order valence-electron chi connectivity index (χ4n) is 1.99. The van der Waals surface area contributed by atoms with Crippen molar-refractivity contribution in [1.29, 1.82) is 0 Å². The molecule has 0 fully saturated rings. The molecule has 3 rings (SSSR count). The minimum absolute atomic E-state index is 0.116. The molecule has 5 nitrogen and oxygen atoms in total. The molecule has 5 heteroatoms. The molecule has 0 N–H and O–H groups in total. The third-order valence-electron chi connectivity index (χ3n) is 2.97. The van der Waals surface area contributed by atoms with E-state index in [4.69, 9.17) is 0 Å². The Hall–Kier alpha value is -2.43. The van der Waals surface area contributed by atoms with Gasteiger partial charge in [0.05, 0.1) is 17.4 Å². The van der Waals surface area contributed by atoms with Gasteiger partial charge >= 0.3 is 5.69 Å². The molecular weight excluding hydrogens is 252 g/mol. The smallest absolute Gasteiger partial charge is 0.293 e. The van der Waals surface area contributed by atoms with Gasteiger partial charge in [-0.1, -0.05) is 13.8 Å². The van der Waals surface area contributed by atoms with Crippen LogP contribution in [0.2, 0.25) is 0 Å². The SMILES string of the molecule is CC.Cc1ccc(-n2c(=O)n(C)c3cccnc32)cn1. The van der Waals surface area contributed by atoms with Gasteiger partial charge in [-0.25, -0.2) is 14.3 Å². The van der Waals surface area contributed by atoms with Gasteiger partial charge in [-0.2, -0.15) is 0 Å². The summed E-state index contributed by atoms with van der Waals surface area (Å²) in [5, 5.41) is 0. The molecule has 0 amide bonds. The number of rotatable bonds is 1. The molecule has 3 heterocycles. The van der Waals surface area contributed by atoms with Crippen LogP contribution in [0.4, 0.5) is 0 Å². The summed E-state index contributed by atoms with van der Waals surface area (Å²) in [5.74, 6) is 0. The molecule has 0 saturated carbocycles. The number of aromatic nitrogens is 4. The topological polar surface area (TPSA) is 52.7 Å². The van der Waals surface area contributed by atoms with E-state index in [-0.39, 0.29) is 5.69 Å². The van der Waals surface area contributed by atoms with Crippen molar-refractivity contribution in [1.82, 2.24) is 19.1 Å². The van der Waals surface area contributed by atoms with E-state index in [1.807, 2.05) is 45.0 Å². The van der Waals surface area contributed by atoms with Crippen molar-refractivity contribution in [3.8, 4) is 5.69 Å². The molecule has 3 aromatic heterocycles. The zero-order valence-corrected chi connectivity index (χ0v) is 12.2. The van der Waals surface area contributed by atoms with Crippen molar-refractivity contribution in [3.05, 3.63) is 52.8 Å². The second-order valence-corrected chi connectivity index (χ2v) is 4.18. The summed E-state index contributed by atoms with van der Waals surface area (Å²) < 4.78 is 3.16. The Kier molecular flexibility index (Phi) is 3.98. The van der Waals surface area contributed by atoms with E-state index < -0.39 is 0 Å². The van der Waals surface area contributed by atoms with Crippen molar-refractivity contribution in [3.63, 3.8) is 0 Å². The van der Waals surface area contributed by atoms with Gasteiger partial charge in [0.15, 0.2) is 5.65 Å². The maximum atomic E-state index is 12.2. The fourth-order valence-corrected chi connectivity index (χ4v) is 1.99. The van der Waals surface area contributed by atoms with Gasteiger partial charge in [0, 0.05) is 18.9 Å². The summed E-state index contributed by atoms with van der Waals surface area (Å²) in [5.41, 5.74) is 2.99. The van der Waals surface area contributed by atoms with Crippen LogP contribution in [0.15, 0.2) is 41.5 Å². The molecule has 0 unspecified atom stereocenters. The molecule has 0 aliphatic rings. The first-order valence-electron chi connectivity index (χ1n) is 6.64. The molecular formula is C15H18N4O. The fraction of sp³-hybridized carbons (Fsp3) is 0.267. The first-order valence-corrected chi connectivity index (χ1v) is 6.64. The van der Waals surface area contributed by atoms with E-state index in [1.165, 1.54) is 0 Å². The average Bonchev–Trinajstić information content (AvgIpc) is 2.75. The standard InChI is InChI=1S/C13H12N4O.C2H6/c1-9-5-6-10(8-15-9)17-12-11(4-3-7-14-12)16(2)13(17)18;1-2/h3-8H,1-2H3;1-2H3. The summed E-state index contributed by atoms with van der Waals surface area (Å²) in [4.78, 5) is 20.7. The highest BCUT2D eigenvalue weighted by Crippen LogP contribution is 2.13. The van der Waals surface area contributed by atoms with Gasteiger partial charge in [-0.05, 0) is 31.2 Å². The van der Waals surface area contributed by atoms with Crippen LogP contribution >= 0.6 is 0 Å². The van der Waals surface area contributed by atoms with Crippen LogP contribution in [0.1, 0.15) is 19.5 Å². The Bertz CT molecular complexity index is 769. The van der Waals surface area contributed by atoms with Crippen LogP contribution in [0, 0.1) is 6.92 Å². The highest BCUT2D eigenvalue weighted by Gasteiger charge is 2.12. The minimum Gasteiger partial charge on any atom is -0.293 e.